The van der Waals surface area contributed by atoms with E-state index in [1.807, 2.05) is 20.8 Å². The quantitative estimate of drug-likeness (QED) is 0.698. The van der Waals surface area contributed by atoms with Crippen molar-refractivity contribution in [2.45, 2.75) is 46.2 Å². The number of rotatable bonds is 6. The highest BCUT2D eigenvalue weighted by Crippen LogP contribution is 2.22. The number of thioether (sulfide) groups is 1. The molecule has 2 heterocycles. The fraction of sp³-hybridized carbons (Fsp3) is 0.471. The fourth-order valence-electron chi connectivity index (χ4n) is 2.38. The van der Waals surface area contributed by atoms with E-state index in [-0.39, 0.29) is 11.7 Å². The molecular formula is C17H23N5OS. The van der Waals surface area contributed by atoms with Crippen molar-refractivity contribution >= 4 is 23.5 Å². The van der Waals surface area contributed by atoms with Crippen LogP contribution in [0.15, 0.2) is 5.16 Å². The standard InChI is InChI=1S/C17H23N5OS/c1-9(2)6-14-12(5)20-17(21-14)24-8-15(23)22-16-13(7-18)10(3)11(4)19-16/h9,19H,6,8H2,1-5H3,(H,20,21)(H,22,23). The summed E-state index contributed by atoms with van der Waals surface area (Å²) in [6.07, 6.45) is 0.918. The molecule has 0 bridgehead atoms. The summed E-state index contributed by atoms with van der Waals surface area (Å²) in [6.45, 7) is 10.0. The van der Waals surface area contributed by atoms with E-state index in [1.165, 1.54) is 11.8 Å². The molecule has 0 spiro atoms. The van der Waals surface area contributed by atoms with E-state index >= 15 is 0 Å². The zero-order chi connectivity index (χ0) is 17.9. The summed E-state index contributed by atoms with van der Waals surface area (Å²) in [5.74, 6) is 1.07. The Bertz CT molecular complexity index is 782. The molecule has 0 aliphatic heterocycles. The molecule has 0 atom stereocenters. The number of hydrogen-bond donors (Lipinski definition) is 3. The van der Waals surface area contributed by atoms with Gasteiger partial charge >= 0.3 is 0 Å². The van der Waals surface area contributed by atoms with Gasteiger partial charge in [-0.15, -0.1) is 0 Å². The van der Waals surface area contributed by atoms with Gasteiger partial charge in [-0.1, -0.05) is 25.6 Å². The van der Waals surface area contributed by atoms with Gasteiger partial charge in [-0.2, -0.15) is 5.26 Å². The molecule has 6 nitrogen and oxygen atoms in total. The van der Waals surface area contributed by atoms with Crippen molar-refractivity contribution in [3.63, 3.8) is 0 Å². The molecule has 7 heteroatoms. The topological polar surface area (TPSA) is 97.4 Å². The maximum absolute atomic E-state index is 12.1. The van der Waals surface area contributed by atoms with Crippen LogP contribution in [0.1, 0.15) is 42.1 Å². The molecule has 3 N–H and O–H groups in total. The van der Waals surface area contributed by atoms with Crippen molar-refractivity contribution in [3.8, 4) is 6.07 Å². The molecule has 0 aromatic carbocycles. The van der Waals surface area contributed by atoms with Gasteiger partial charge in [0.1, 0.15) is 11.9 Å². The summed E-state index contributed by atoms with van der Waals surface area (Å²) in [5, 5.41) is 12.7. The molecule has 1 amide bonds. The number of nitrogens with zero attached hydrogens (tertiary/aromatic N) is 2. The van der Waals surface area contributed by atoms with Crippen LogP contribution in [0.4, 0.5) is 5.82 Å². The summed E-state index contributed by atoms with van der Waals surface area (Å²) in [6, 6.07) is 2.12. The van der Waals surface area contributed by atoms with Crippen LogP contribution in [0, 0.1) is 38.0 Å². The highest BCUT2D eigenvalue weighted by Gasteiger charge is 2.15. The van der Waals surface area contributed by atoms with Gasteiger partial charge in [-0.05, 0) is 38.7 Å². The Hall–Kier alpha value is -2.20. The van der Waals surface area contributed by atoms with Crippen LogP contribution < -0.4 is 5.32 Å². The van der Waals surface area contributed by atoms with Crippen LogP contribution in [-0.4, -0.2) is 26.6 Å². The van der Waals surface area contributed by atoms with Crippen molar-refractivity contribution in [1.29, 1.82) is 5.26 Å². The van der Waals surface area contributed by atoms with Crippen LogP contribution in [0.25, 0.3) is 0 Å². The van der Waals surface area contributed by atoms with Crippen molar-refractivity contribution in [2.75, 3.05) is 11.1 Å². The average Bonchev–Trinajstić information content (AvgIpc) is 2.97. The van der Waals surface area contributed by atoms with E-state index in [2.05, 4.69) is 40.2 Å². The molecule has 0 saturated heterocycles. The Kier molecular flexibility index (Phi) is 5.73. The van der Waals surface area contributed by atoms with E-state index in [0.717, 1.165) is 34.2 Å². The van der Waals surface area contributed by atoms with Gasteiger partial charge in [0.25, 0.3) is 0 Å². The second kappa shape index (κ2) is 7.58. The Labute approximate surface area is 146 Å². The van der Waals surface area contributed by atoms with Crippen LogP contribution in [0.3, 0.4) is 0 Å². The number of amides is 1. The largest absolute Gasteiger partial charge is 0.344 e. The van der Waals surface area contributed by atoms with E-state index in [1.54, 1.807) is 0 Å². The zero-order valence-electron chi connectivity index (χ0n) is 14.7. The minimum atomic E-state index is -0.169. The monoisotopic (exact) mass is 345 g/mol. The van der Waals surface area contributed by atoms with Crippen molar-refractivity contribution in [2.24, 2.45) is 5.92 Å². The van der Waals surface area contributed by atoms with Crippen molar-refractivity contribution < 1.29 is 4.79 Å². The zero-order valence-corrected chi connectivity index (χ0v) is 15.5. The van der Waals surface area contributed by atoms with Crippen LogP contribution >= 0.6 is 11.8 Å². The van der Waals surface area contributed by atoms with Crippen molar-refractivity contribution in [1.82, 2.24) is 15.0 Å². The van der Waals surface area contributed by atoms with Gasteiger partial charge in [0, 0.05) is 11.4 Å². The number of nitriles is 1. The summed E-state index contributed by atoms with van der Waals surface area (Å²) >= 11 is 1.36. The maximum atomic E-state index is 12.1. The average molecular weight is 345 g/mol. The number of aromatic nitrogens is 3. The number of carbonyl (C=O) groups is 1. The van der Waals surface area contributed by atoms with Gasteiger partial charge in [0.2, 0.25) is 5.91 Å². The number of nitrogens with one attached hydrogen (secondary N) is 3. The molecule has 24 heavy (non-hydrogen) atoms. The highest BCUT2D eigenvalue weighted by atomic mass is 32.2. The smallest absolute Gasteiger partial charge is 0.235 e. The van der Waals surface area contributed by atoms with Crippen LogP contribution in [0.2, 0.25) is 0 Å². The Morgan fingerprint density at radius 2 is 2.00 bits per heavy atom. The summed E-state index contributed by atoms with van der Waals surface area (Å²) in [7, 11) is 0. The van der Waals surface area contributed by atoms with Crippen LogP contribution in [0.5, 0.6) is 0 Å². The fourth-order valence-corrected chi connectivity index (χ4v) is 3.12. The predicted octanol–water partition coefficient (Wildman–Crippen LogP) is 3.46. The van der Waals surface area contributed by atoms with E-state index in [0.29, 0.717) is 17.3 Å². The normalized spacial score (nSPS) is 10.9. The first-order chi connectivity index (χ1) is 11.3. The lowest BCUT2D eigenvalue weighted by Crippen LogP contribution is -2.15. The molecule has 2 aromatic rings. The molecule has 0 radical (unpaired) electrons. The second-order valence-electron chi connectivity index (χ2n) is 6.29. The van der Waals surface area contributed by atoms with Gasteiger partial charge in [-0.3, -0.25) is 4.79 Å². The van der Waals surface area contributed by atoms with E-state index in [4.69, 9.17) is 0 Å². The van der Waals surface area contributed by atoms with Crippen LogP contribution in [-0.2, 0) is 11.2 Å². The first-order valence-corrected chi connectivity index (χ1v) is 8.87. The van der Waals surface area contributed by atoms with Gasteiger partial charge < -0.3 is 15.3 Å². The number of hydrogen-bond acceptors (Lipinski definition) is 4. The van der Waals surface area contributed by atoms with E-state index < -0.39 is 0 Å². The summed E-state index contributed by atoms with van der Waals surface area (Å²) in [5.41, 5.74) is 4.33. The number of carbonyl (C=O) groups excluding carboxylic acids is 1. The molecule has 2 aromatic heterocycles. The highest BCUT2D eigenvalue weighted by molar-refractivity contribution is 7.99. The molecular weight excluding hydrogens is 322 g/mol. The molecule has 2 rings (SSSR count). The summed E-state index contributed by atoms with van der Waals surface area (Å²) in [4.78, 5) is 22.9. The summed E-state index contributed by atoms with van der Waals surface area (Å²) < 4.78 is 0. The molecule has 0 aliphatic carbocycles. The molecule has 0 aliphatic rings. The Morgan fingerprint density at radius 1 is 1.29 bits per heavy atom. The van der Waals surface area contributed by atoms with Gasteiger partial charge in [0.15, 0.2) is 5.16 Å². The molecule has 0 fully saturated rings. The minimum Gasteiger partial charge on any atom is -0.344 e. The van der Waals surface area contributed by atoms with Crippen molar-refractivity contribution in [3.05, 3.63) is 28.2 Å². The molecule has 0 unspecified atom stereocenters. The first-order valence-electron chi connectivity index (χ1n) is 7.89. The lowest BCUT2D eigenvalue weighted by atomic mass is 10.1. The number of anilines is 1. The lowest BCUT2D eigenvalue weighted by Gasteiger charge is -2.02. The second-order valence-corrected chi connectivity index (χ2v) is 7.25. The number of imidazole rings is 1. The predicted molar refractivity (Wildman–Crippen MR) is 96.2 cm³/mol. The lowest BCUT2D eigenvalue weighted by molar-refractivity contribution is -0.113. The molecule has 128 valence electrons. The Balaban J connectivity index is 1.97. The third-order valence-electron chi connectivity index (χ3n) is 3.78. The molecule has 0 saturated carbocycles. The van der Waals surface area contributed by atoms with E-state index in [9.17, 15) is 10.1 Å². The third-order valence-corrected chi connectivity index (χ3v) is 4.65. The minimum absolute atomic E-state index is 0.169. The van der Waals surface area contributed by atoms with Gasteiger partial charge in [0.05, 0.1) is 17.0 Å². The third kappa shape index (κ3) is 4.20. The Morgan fingerprint density at radius 3 is 2.62 bits per heavy atom. The SMILES string of the molecule is Cc1[nH]c(SCC(=O)Nc2[nH]c(C)c(C)c2C#N)nc1CC(C)C. The number of aryl methyl sites for hydroxylation is 2. The first kappa shape index (κ1) is 18.1. The number of aromatic amines is 2. The maximum Gasteiger partial charge on any atom is 0.235 e. The number of H-pyrrole nitrogens is 2. The van der Waals surface area contributed by atoms with Gasteiger partial charge in [-0.25, -0.2) is 4.98 Å².